The van der Waals surface area contributed by atoms with Crippen molar-refractivity contribution in [2.24, 2.45) is 10.2 Å². The van der Waals surface area contributed by atoms with Gasteiger partial charge in [-0.3, -0.25) is 4.79 Å². The minimum absolute atomic E-state index is 0.143. The molecule has 2 rings (SSSR count). The fraction of sp³-hybridized carbons (Fsp3) is 0.391. The third kappa shape index (κ3) is 9.06. The van der Waals surface area contributed by atoms with Crippen LogP contribution in [0.1, 0.15) is 26.7 Å². The summed E-state index contributed by atoms with van der Waals surface area (Å²) in [4.78, 5) is 25.2. The number of nitrogens with one attached hydrogen (secondary N) is 2. The molecular formula is C23H32N5O3+. The first-order chi connectivity index (χ1) is 15.0. The van der Waals surface area contributed by atoms with Crippen LogP contribution < -0.4 is 20.6 Å². The van der Waals surface area contributed by atoms with E-state index in [1.54, 1.807) is 29.6 Å². The van der Waals surface area contributed by atoms with Crippen molar-refractivity contribution in [2.45, 2.75) is 32.7 Å². The number of aliphatic carboxylic acids is 1. The van der Waals surface area contributed by atoms with Gasteiger partial charge in [-0.15, -0.1) is 0 Å². The van der Waals surface area contributed by atoms with E-state index in [1.807, 2.05) is 30.3 Å². The number of nitrogens with zero attached hydrogens (tertiary/aromatic N) is 2. The zero-order chi connectivity index (χ0) is 22.5. The molecule has 0 aliphatic rings. The van der Waals surface area contributed by atoms with Crippen molar-refractivity contribution in [3.63, 3.8) is 0 Å². The molecule has 8 nitrogen and oxygen atoms in total. The van der Waals surface area contributed by atoms with Crippen LogP contribution >= 0.6 is 0 Å². The lowest BCUT2D eigenvalue weighted by molar-refractivity contribution is -0.898. The lowest BCUT2D eigenvalue weighted by Gasteiger charge is -2.18. The summed E-state index contributed by atoms with van der Waals surface area (Å²) in [5, 5.41) is 24.1. The Kier molecular flexibility index (Phi) is 10.3. The first-order valence-electron chi connectivity index (χ1n) is 10.8. The molecule has 0 fully saturated rings. The molecule has 1 amide bonds. The molecule has 0 aromatic heterocycles. The molecule has 2 aromatic carbocycles. The predicted molar refractivity (Wildman–Crippen MR) is 117 cm³/mol. The summed E-state index contributed by atoms with van der Waals surface area (Å²) in [6.07, 6.45) is 0.747. The zero-order valence-corrected chi connectivity index (χ0v) is 18.2. The molecule has 0 unspecified atom stereocenters. The van der Waals surface area contributed by atoms with Crippen LogP contribution in [0, 0.1) is 0 Å². The number of nitrogens with two attached hydrogens (primary N) is 1. The van der Waals surface area contributed by atoms with E-state index in [9.17, 15) is 14.7 Å². The van der Waals surface area contributed by atoms with Gasteiger partial charge in [-0.05, 0) is 50.2 Å². The molecule has 0 bridgehead atoms. The second kappa shape index (κ2) is 13.3. The third-order valence-electron chi connectivity index (χ3n) is 5.08. The molecule has 0 spiro atoms. The van der Waals surface area contributed by atoms with Gasteiger partial charge < -0.3 is 25.4 Å². The van der Waals surface area contributed by atoms with Gasteiger partial charge >= 0.3 is 0 Å². The Bertz CT molecular complexity index is 836. The maximum Gasteiger partial charge on any atom is 0.230 e. The number of carboxylic acids is 1. The summed E-state index contributed by atoms with van der Waals surface area (Å²) in [5.41, 5.74) is 1.98. The van der Waals surface area contributed by atoms with Crippen molar-refractivity contribution in [1.29, 1.82) is 0 Å². The number of anilines is 1. The fourth-order valence-corrected chi connectivity index (χ4v) is 3.17. The Morgan fingerprint density at radius 3 is 2.19 bits per heavy atom. The van der Waals surface area contributed by atoms with Gasteiger partial charge in [-0.2, -0.15) is 10.2 Å². The summed E-state index contributed by atoms with van der Waals surface area (Å²) in [7, 11) is 0. The van der Waals surface area contributed by atoms with Crippen LogP contribution in [0.25, 0.3) is 0 Å². The van der Waals surface area contributed by atoms with E-state index < -0.39 is 12.0 Å². The van der Waals surface area contributed by atoms with Crippen LogP contribution in [-0.4, -0.2) is 44.1 Å². The minimum atomic E-state index is -1.22. The smallest absolute Gasteiger partial charge is 0.230 e. The maximum absolute atomic E-state index is 12.3. The highest BCUT2D eigenvalue weighted by Gasteiger charge is 2.18. The number of quaternary nitrogens is 2. The molecular weight excluding hydrogens is 394 g/mol. The van der Waals surface area contributed by atoms with Crippen LogP contribution in [0.15, 0.2) is 64.8 Å². The average molecular weight is 427 g/mol. The average Bonchev–Trinajstić information content (AvgIpc) is 2.78. The first-order valence-corrected chi connectivity index (χ1v) is 10.8. The number of carboxylic acid groups (broad SMARTS) is 1. The molecule has 166 valence electrons. The number of carbonyl (C=O) groups excluding carboxylic acids is 2. The van der Waals surface area contributed by atoms with E-state index in [1.165, 1.54) is 4.90 Å². The summed E-state index contributed by atoms with van der Waals surface area (Å²) >= 11 is 0. The van der Waals surface area contributed by atoms with E-state index >= 15 is 0 Å². The number of carbonyl (C=O) groups is 2. The monoisotopic (exact) mass is 426 g/mol. The van der Waals surface area contributed by atoms with E-state index in [0.29, 0.717) is 17.9 Å². The molecule has 0 radical (unpaired) electrons. The molecule has 31 heavy (non-hydrogen) atoms. The number of azo groups is 1. The Labute approximate surface area is 183 Å². The third-order valence-corrected chi connectivity index (χ3v) is 5.08. The van der Waals surface area contributed by atoms with Crippen molar-refractivity contribution in [3.8, 4) is 0 Å². The fourth-order valence-electron chi connectivity index (χ4n) is 3.17. The minimum Gasteiger partial charge on any atom is -0.544 e. The quantitative estimate of drug-likeness (QED) is 0.319. The highest BCUT2D eigenvalue weighted by atomic mass is 16.4. The number of rotatable bonds is 13. The Morgan fingerprint density at radius 1 is 1.00 bits per heavy atom. The molecule has 2 aromatic rings. The van der Waals surface area contributed by atoms with Crippen LogP contribution in [0.3, 0.4) is 0 Å². The van der Waals surface area contributed by atoms with Crippen molar-refractivity contribution < 1.29 is 24.9 Å². The van der Waals surface area contributed by atoms with E-state index in [-0.39, 0.29) is 12.3 Å². The maximum atomic E-state index is 12.3. The molecule has 1 atom stereocenters. The summed E-state index contributed by atoms with van der Waals surface area (Å²) < 4.78 is 0. The Balaban J connectivity index is 1.81. The summed E-state index contributed by atoms with van der Waals surface area (Å²) in [5.74, 6) is -1.58. The van der Waals surface area contributed by atoms with Gasteiger partial charge in [0, 0.05) is 12.1 Å². The number of benzene rings is 2. The van der Waals surface area contributed by atoms with Crippen LogP contribution in [0.5, 0.6) is 0 Å². The van der Waals surface area contributed by atoms with Crippen LogP contribution in [-0.2, 0) is 9.59 Å². The van der Waals surface area contributed by atoms with Crippen molar-refractivity contribution >= 4 is 28.9 Å². The molecule has 4 N–H and O–H groups in total. The van der Waals surface area contributed by atoms with E-state index in [2.05, 4.69) is 29.4 Å². The lowest BCUT2D eigenvalue weighted by atomic mass is 10.2. The van der Waals surface area contributed by atoms with Gasteiger partial charge in [0.25, 0.3) is 0 Å². The largest absolute Gasteiger partial charge is 0.544 e. The molecule has 0 heterocycles. The summed E-state index contributed by atoms with van der Waals surface area (Å²) in [6, 6.07) is 15.4. The van der Waals surface area contributed by atoms with Crippen LogP contribution in [0.4, 0.5) is 17.1 Å². The SMILES string of the molecule is CC[NH+](CC)CCC[NH2+][C@H](CC(=O)Nc1ccc(N=Nc2ccccc2)cc1)C(=O)[O-]. The highest BCUT2D eigenvalue weighted by Crippen LogP contribution is 2.20. The van der Waals surface area contributed by atoms with Gasteiger partial charge in [0.1, 0.15) is 6.04 Å². The molecule has 0 aliphatic carbocycles. The van der Waals surface area contributed by atoms with Gasteiger partial charge in [-0.25, -0.2) is 0 Å². The van der Waals surface area contributed by atoms with Gasteiger partial charge in [0.2, 0.25) is 5.91 Å². The van der Waals surface area contributed by atoms with Gasteiger partial charge in [-0.1, -0.05) is 18.2 Å². The number of hydrogen-bond acceptors (Lipinski definition) is 5. The van der Waals surface area contributed by atoms with Gasteiger partial charge in [0.05, 0.1) is 49.9 Å². The standard InChI is InChI=1S/C23H31N5O3/c1-3-28(4-2)16-8-15-24-21(23(30)31)17-22(29)25-18-11-13-20(14-12-18)27-26-19-9-6-5-7-10-19/h5-7,9-14,21,24H,3-4,8,15-17H2,1-2H3,(H,25,29)(H,30,31)/p+1/t21-/m1/s1. The second-order valence-electron chi connectivity index (χ2n) is 7.35. The Morgan fingerprint density at radius 2 is 1.61 bits per heavy atom. The molecule has 8 heteroatoms. The topological polar surface area (TPSA) is 115 Å². The normalized spacial score (nSPS) is 12.2. The van der Waals surface area contributed by atoms with E-state index in [0.717, 1.165) is 31.7 Å². The van der Waals surface area contributed by atoms with Crippen molar-refractivity contribution in [1.82, 2.24) is 0 Å². The second-order valence-corrected chi connectivity index (χ2v) is 7.35. The van der Waals surface area contributed by atoms with Gasteiger partial charge in [0.15, 0.2) is 0 Å². The predicted octanol–water partition coefficient (Wildman–Crippen LogP) is 0.427. The highest BCUT2D eigenvalue weighted by molar-refractivity contribution is 5.93. The molecule has 0 aliphatic heterocycles. The van der Waals surface area contributed by atoms with Crippen LogP contribution in [0.2, 0.25) is 0 Å². The van der Waals surface area contributed by atoms with Crippen molar-refractivity contribution in [2.75, 3.05) is 31.5 Å². The summed E-state index contributed by atoms with van der Waals surface area (Å²) in [6.45, 7) is 8.01. The number of amides is 1. The zero-order valence-electron chi connectivity index (χ0n) is 18.2. The Hall–Kier alpha value is -3.10. The van der Waals surface area contributed by atoms with E-state index in [4.69, 9.17) is 0 Å². The molecule has 0 saturated carbocycles. The first kappa shape index (κ1) is 24.2. The lowest BCUT2D eigenvalue weighted by Crippen LogP contribution is -3.11. The number of hydrogen-bond donors (Lipinski definition) is 3. The molecule has 0 saturated heterocycles. The van der Waals surface area contributed by atoms with Crippen molar-refractivity contribution in [3.05, 3.63) is 54.6 Å².